The van der Waals surface area contributed by atoms with Crippen molar-refractivity contribution in [2.24, 2.45) is 35.3 Å². The molecule has 2 aromatic carbocycles. The second-order valence-electron chi connectivity index (χ2n) is 26.3. The van der Waals surface area contributed by atoms with E-state index in [-0.39, 0.29) is 55.8 Å². The molecule has 2 aliphatic heterocycles. The van der Waals surface area contributed by atoms with Gasteiger partial charge in [0.2, 0.25) is 53.2 Å². The quantitative estimate of drug-likeness (QED) is 0.0434. The Labute approximate surface area is 573 Å². The molecule has 1 fully saturated rings. The molecule has 10 N–H and O–H groups in total. The molecule has 0 aliphatic carbocycles. The highest BCUT2D eigenvalue weighted by molar-refractivity contribution is 6.13. The van der Waals surface area contributed by atoms with Crippen molar-refractivity contribution in [1.29, 1.82) is 0 Å². The molecule has 1 saturated heterocycles. The summed E-state index contributed by atoms with van der Waals surface area (Å²) in [4.78, 5) is 178. The average Bonchev–Trinajstić information content (AvgIpc) is 1.31. The largest absolute Gasteiger partial charge is 0.481 e. The van der Waals surface area contributed by atoms with Gasteiger partial charge in [-0.25, -0.2) is 4.79 Å². The molecule has 0 saturated carbocycles. The maximum absolute atomic E-state index is 14.8. The number of anilines is 1. The summed E-state index contributed by atoms with van der Waals surface area (Å²) in [6.45, 7) is 17.4. The fourth-order valence-electron chi connectivity index (χ4n) is 12.1. The number of primary amides is 1. The molecule has 2 heterocycles. The van der Waals surface area contributed by atoms with E-state index >= 15 is 0 Å². The molecule has 542 valence electrons. The van der Waals surface area contributed by atoms with E-state index in [0.717, 1.165) is 22.0 Å². The van der Waals surface area contributed by atoms with E-state index in [9.17, 15) is 72.5 Å². The monoisotopic (exact) mass is 1370 g/mol. The third kappa shape index (κ3) is 23.4. The van der Waals surface area contributed by atoms with Crippen molar-refractivity contribution in [1.82, 2.24) is 46.2 Å². The molecule has 0 spiro atoms. The van der Waals surface area contributed by atoms with Crippen LogP contribution >= 0.6 is 0 Å². The zero-order valence-electron chi connectivity index (χ0n) is 58.9. The number of carboxylic acid groups (broad SMARTS) is 1. The van der Waals surface area contributed by atoms with E-state index in [1.165, 1.54) is 50.4 Å². The lowest BCUT2D eigenvalue weighted by atomic mass is 9.89. The number of hydrogen-bond acceptors (Lipinski definition) is 17. The normalized spacial score (nSPS) is 17.4. The summed E-state index contributed by atoms with van der Waals surface area (Å²) >= 11 is 0. The number of methoxy groups -OCH3 is 2. The number of amides is 12. The molecule has 29 heteroatoms. The highest BCUT2D eigenvalue weighted by Gasteiger charge is 2.44. The van der Waals surface area contributed by atoms with Crippen molar-refractivity contribution in [3.63, 3.8) is 0 Å². The van der Waals surface area contributed by atoms with Gasteiger partial charge in [0.15, 0.2) is 0 Å². The van der Waals surface area contributed by atoms with Crippen molar-refractivity contribution >= 4 is 82.7 Å². The number of hydrogen-bond donors (Lipinski definition) is 9. The lowest BCUT2D eigenvalue weighted by molar-refractivity contribution is -0.148. The van der Waals surface area contributed by atoms with E-state index in [0.29, 0.717) is 36.9 Å². The summed E-state index contributed by atoms with van der Waals surface area (Å²) in [6.07, 6.45) is -1.59. The van der Waals surface area contributed by atoms with E-state index < -0.39 is 175 Å². The molecule has 2 aromatic rings. The maximum Gasteiger partial charge on any atom is 0.410 e. The summed E-state index contributed by atoms with van der Waals surface area (Å²) in [5.41, 5.74) is 6.64. The molecule has 4 rings (SSSR count). The van der Waals surface area contributed by atoms with Gasteiger partial charge in [-0.05, 0) is 79.5 Å². The minimum absolute atomic E-state index is 0.115. The van der Waals surface area contributed by atoms with Crippen molar-refractivity contribution in [3.05, 3.63) is 77.9 Å². The molecule has 0 aromatic heterocycles. The van der Waals surface area contributed by atoms with Gasteiger partial charge in [-0.15, -0.1) is 0 Å². The van der Waals surface area contributed by atoms with Gasteiger partial charge in [-0.1, -0.05) is 111 Å². The third-order valence-electron chi connectivity index (χ3n) is 18.0. The molecule has 2 aliphatic rings. The Morgan fingerprint density at radius 1 is 0.673 bits per heavy atom. The van der Waals surface area contributed by atoms with Crippen LogP contribution in [-0.4, -0.2) is 209 Å². The zero-order valence-corrected chi connectivity index (χ0v) is 58.9. The minimum atomic E-state index is -1.52. The van der Waals surface area contributed by atoms with Gasteiger partial charge in [0.1, 0.15) is 36.8 Å². The summed E-state index contributed by atoms with van der Waals surface area (Å²) in [5, 5.41) is 36.4. The number of aliphatic carboxylic acids is 1. The number of nitrogens with zero attached hydrogens (tertiary/aromatic N) is 4. The van der Waals surface area contributed by atoms with Gasteiger partial charge in [-0.3, -0.25) is 67.3 Å². The Balaban J connectivity index is 1.40. The number of aliphatic hydroxyl groups is 1. The Morgan fingerprint density at radius 2 is 1.27 bits per heavy atom. The van der Waals surface area contributed by atoms with Crippen molar-refractivity contribution in [2.45, 2.75) is 200 Å². The number of benzene rings is 2. The van der Waals surface area contributed by atoms with Crippen LogP contribution in [0.25, 0.3) is 0 Å². The Kier molecular flexibility index (Phi) is 32.4. The highest BCUT2D eigenvalue weighted by atomic mass is 16.6. The van der Waals surface area contributed by atoms with Crippen LogP contribution in [0.5, 0.6) is 0 Å². The number of carbonyl (C=O) groups is 13. The highest BCUT2D eigenvalue weighted by Crippen LogP contribution is 2.31. The Morgan fingerprint density at radius 3 is 1.82 bits per heavy atom. The fourth-order valence-corrected chi connectivity index (χ4v) is 12.1. The Bertz CT molecular complexity index is 3110. The smallest absolute Gasteiger partial charge is 0.410 e. The van der Waals surface area contributed by atoms with E-state index in [1.54, 1.807) is 91.6 Å². The topological polar surface area (TPSA) is 401 Å². The fraction of sp³-hybridized carbons (Fsp3) is 0.609. The number of aliphatic hydroxyl groups excluding tert-OH is 1. The van der Waals surface area contributed by atoms with E-state index in [1.807, 2.05) is 19.9 Å². The van der Waals surface area contributed by atoms with Gasteiger partial charge < -0.3 is 71.9 Å². The zero-order chi connectivity index (χ0) is 73.4. The summed E-state index contributed by atoms with van der Waals surface area (Å²) < 4.78 is 17.7. The number of likely N-dealkylation sites (N-methyl/N-ethyl adjacent to an activating group) is 2. The van der Waals surface area contributed by atoms with Crippen LogP contribution in [0.2, 0.25) is 0 Å². The van der Waals surface area contributed by atoms with E-state index in [2.05, 4.69) is 31.9 Å². The van der Waals surface area contributed by atoms with Crippen LogP contribution in [-0.2, 0) is 78.4 Å². The number of imide groups is 1. The van der Waals surface area contributed by atoms with Crippen LogP contribution in [0, 0.1) is 29.6 Å². The summed E-state index contributed by atoms with van der Waals surface area (Å²) in [7, 11) is 5.98. The number of carbonyl (C=O) groups excluding carboxylic acids is 12. The SMILES string of the molecule is CC[C@H](C)[C@@H]([C@@H](CC(=O)N1CCC[C@H]1[C@H](OC)[C@@H](C)C(=O)N[C@H](C)[C@@H](O)c1ccccc1)OC)N(C)C(=O)[C@@H](NC(=O)[C@H](C(C)C)N(C)C(=O)OCc1ccc(NC(=O)[C@H](CCC(=O)O)NC(=O)[C@H](CCC(N)=O)NC(=O)[C@@H](NC(=O)CCN2C(=O)C=CC2=O)C(C)C)cc1)C(C)C. The number of rotatable bonds is 39. The number of likely N-dealkylation sites (tertiary alicyclic amines) is 1. The predicted octanol–water partition coefficient (Wildman–Crippen LogP) is 3.07. The second-order valence-corrected chi connectivity index (χ2v) is 26.3. The van der Waals surface area contributed by atoms with Crippen molar-refractivity contribution < 1.29 is 86.8 Å². The van der Waals surface area contributed by atoms with Crippen LogP contribution in [0.15, 0.2) is 66.7 Å². The number of nitrogens with one attached hydrogen (secondary N) is 6. The molecule has 0 radical (unpaired) electrons. The molecule has 0 bridgehead atoms. The van der Waals surface area contributed by atoms with Gasteiger partial charge in [0, 0.05) is 78.5 Å². The minimum Gasteiger partial charge on any atom is -0.481 e. The first-order valence-corrected chi connectivity index (χ1v) is 33.4. The number of carboxylic acids is 1. The van der Waals surface area contributed by atoms with Crippen molar-refractivity contribution in [3.8, 4) is 0 Å². The molecule has 13 atom stereocenters. The second kappa shape index (κ2) is 38.9. The van der Waals surface area contributed by atoms with Gasteiger partial charge in [-0.2, -0.15) is 0 Å². The molecule has 29 nitrogen and oxygen atoms in total. The molecule has 12 amide bonds. The third-order valence-corrected chi connectivity index (χ3v) is 18.0. The number of ether oxygens (including phenoxy) is 3. The Hall–Kier alpha value is -8.83. The standard InChI is InChI=1S/C69H103N11O18/c1-15-41(8)60(50(96-13)36-55(85)79-34-19-22-49(79)62(97-14)42(9)63(89)71-43(10)61(88)45-20-17-16-18-21-45)77(11)68(94)58(39(4)5)76-67(93)59(40(6)7)78(12)69(95)98-37-44-23-25-46(26-24-44)72-64(90)48(28-32-56(86)87)73-65(91)47(27-29-51(70)81)74-66(92)57(38(2)3)75-52(82)33-35-80-53(83)30-31-54(80)84/h16-18,20-21,23-26,30-31,38-43,47-50,57-62,88H,15,19,22,27-29,32-37H2,1-14H3,(H2,70,81)(H,71,89)(H,72,90)(H,73,91)(H,74,92)(H,75,82)(H,76,93)(H,86,87)/t41-,42+,43+,47-,48-,49-,50+,57-,58-,59-,60-,61+,62+/m0/s1. The average molecular weight is 1370 g/mol. The van der Waals surface area contributed by atoms with Crippen molar-refractivity contribution in [2.75, 3.05) is 46.7 Å². The first-order chi connectivity index (χ1) is 46.2. The molecular formula is C69H103N11O18. The summed E-state index contributed by atoms with van der Waals surface area (Å²) in [6, 6.07) is 6.69. The molecule has 0 unspecified atom stereocenters. The van der Waals surface area contributed by atoms with Gasteiger partial charge in [0.25, 0.3) is 11.8 Å². The molecule has 98 heavy (non-hydrogen) atoms. The number of nitrogens with two attached hydrogens (primary N) is 1. The lowest BCUT2D eigenvalue weighted by Crippen LogP contribution is -2.60. The first-order valence-electron chi connectivity index (χ1n) is 33.4. The van der Waals surface area contributed by atoms with Crippen LogP contribution in [0.1, 0.15) is 144 Å². The van der Waals surface area contributed by atoms with Gasteiger partial charge in [0.05, 0.1) is 48.8 Å². The van der Waals surface area contributed by atoms with Crippen LogP contribution < -0.4 is 37.6 Å². The lowest BCUT2D eigenvalue weighted by Gasteiger charge is -2.41. The van der Waals surface area contributed by atoms with Crippen LogP contribution in [0.3, 0.4) is 0 Å². The maximum atomic E-state index is 14.8. The van der Waals surface area contributed by atoms with Gasteiger partial charge >= 0.3 is 12.1 Å². The summed E-state index contributed by atoms with van der Waals surface area (Å²) in [5.74, 6) is -10.8. The van der Waals surface area contributed by atoms with Crippen LogP contribution in [0.4, 0.5) is 10.5 Å². The molecular weight excluding hydrogens is 1270 g/mol. The predicted molar refractivity (Wildman–Crippen MR) is 360 cm³/mol. The van der Waals surface area contributed by atoms with E-state index in [4.69, 9.17) is 19.9 Å². The first kappa shape index (κ1) is 81.6.